The number of nitrogens with two attached hydrogens (primary N) is 1. The molecule has 16 heteroatoms. The monoisotopic (exact) mass is 478 g/mol. The maximum atomic E-state index is 11.3. The summed E-state index contributed by atoms with van der Waals surface area (Å²) < 4.78 is 63.0. The van der Waals surface area contributed by atoms with Gasteiger partial charge in [-0.25, -0.2) is 0 Å². The highest BCUT2D eigenvalue weighted by atomic mass is 32.2. The average molecular weight is 478 g/mol. The van der Waals surface area contributed by atoms with Gasteiger partial charge in [0.1, 0.15) is 4.90 Å². The Hall–Kier alpha value is -4.04. The predicted molar refractivity (Wildman–Crippen MR) is 113 cm³/mol. The first-order chi connectivity index (χ1) is 15.0. The standard InChI is InChI=1S/C16H14N8O6S2/c17-8-19-14-22-15(20-9-1-4-11(5-2-9)31(25,26)27)24-16(23-14)21-10-3-6-13(12(18)7-10)32(28,29)30/h1-7H,18H2,(H,25,26,27)(H,28,29,30)(H3,19,20,21,22,23,24). The predicted octanol–water partition coefficient (Wildman–Crippen LogP) is 1.33. The van der Waals surface area contributed by atoms with Gasteiger partial charge in [0.2, 0.25) is 17.8 Å². The summed E-state index contributed by atoms with van der Waals surface area (Å²) in [6, 6.07) is 8.64. The summed E-state index contributed by atoms with van der Waals surface area (Å²) >= 11 is 0. The largest absolute Gasteiger partial charge is 0.398 e. The lowest BCUT2D eigenvalue weighted by Gasteiger charge is -2.11. The molecule has 0 saturated heterocycles. The van der Waals surface area contributed by atoms with Crippen molar-refractivity contribution in [3.63, 3.8) is 0 Å². The molecule has 0 bridgehead atoms. The van der Waals surface area contributed by atoms with Crippen LogP contribution in [-0.2, 0) is 20.2 Å². The van der Waals surface area contributed by atoms with Crippen LogP contribution >= 0.6 is 0 Å². The smallest absolute Gasteiger partial charge is 0.296 e. The fourth-order valence-corrected chi connectivity index (χ4v) is 3.50. The van der Waals surface area contributed by atoms with Crippen molar-refractivity contribution in [2.75, 3.05) is 21.7 Å². The number of hydrogen-bond acceptors (Lipinski definition) is 12. The van der Waals surface area contributed by atoms with Crippen molar-refractivity contribution in [2.45, 2.75) is 9.79 Å². The van der Waals surface area contributed by atoms with Crippen LogP contribution in [0.1, 0.15) is 0 Å². The van der Waals surface area contributed by atoms with Gasteiger partial charge in [0.15, 0.2) is 6.19 Å². The summed E-state index contributed by atoms with van der Waals surface area (Å²) in [7, 11) is -8.85. The molecule has 0 spiro atoms. The van der Waals surface area contributed by atoms with Gasteiger partial charge in [-0.2, -0.15) is 37.0 Å². The third kappa shape index (κ3) is 5.55. The first-order valence-corrected chi connectivity index (χ1v) is 11.2. The van der Waals surface area contributed by atoms with Gasteiger partial charge in [0.25, 0.3) is 20.2 Å². The maximum absolute atomic E-state index is 11.3. The van der Waals surface area contributed by atoms with E-state index in [4.69, 9.17) is 20.1 Å². The lowest BCUT2D eigenvalue weighted by Crippen LogP contribution is -2.08. The van der Waals surface area contributed by atoms with Crippen LogP contribution in [0.5, 0.6) is 0 Å². The van der Waals surface area contributed by atoms with E-state index in [1.165, 1.54) is 24.3 Å². The van der Waals surface area contributed by atoms with Crippen molar-refractivity contribution in [2.24, 2.45) is 0 Å². The van der Waals surface area contributed by atoms with Crippen LogP contribution in [0.2, 0.25) is 0 Å². The van der Waals surface area contributed by atoms with Crippen LogP contribution in [0.25, 0.3) is 0 Å². The Morgan fingerprint density at radius 3 is 1.84 bits per heavy atom. The molecule has 2 aromatic carbocycles. The third-order valence-corrected chi connectivity index (χ3v) is 5.55. The summed E-state index contributed by atoms with van der Waals surface area (Å²) in [5.41, 5.74) is 6.06. The van der Waals surface area contributed by atoms with E-state index < -0.39 is 25.1 Å². The molecule has 1 heterocycles. The molecule has 32 heavy (non-hydrogen) atoms. The van der Waals surface area contributed by atoms with Crippen LogP contribution in [-0.4, -0.2) is 40.9 Å². The van der Waals surface area contributed by atoms with Gasteiger partial charge < -0.3 is 16.4 Å². The van der Waals surface area contributed by atoms with E-state index in [0.29, 0.717) is 5.69 Å². The van der Waals surface area contributed by atoms with E-state index in [1.54, 1.807) is 6.19 Å². The van der Waals surface area contributed by atoms with Gasteiger partial charge in [-0.15, -0.1) is 0 Å². The summed E-state index contributed by atoms with van der Waals surface area (Å²) in [6.45, 7) is 0. The van der Waals surface area contributed by atoms with Crippen molar-refractivity contribution in [1.29, 1.82) is 5.26 Å². The molecule has 3 rings (SSSR count). The number of nitrogens with one attached hydrogen (secondary N) is 3. The average Bonchev–Trinajstić information content (AvgIpc) is 2.67. The molecule has 0 amide bonds. The summed E-state index contributed by atoms with van der Waals surface area (Å²) in [4.78, 5) is 11.3. The fraction of sp³-hybridized carbons (Fsp3) is 0. The fourth-order valence-electron chi connectivity index (χ4n) is 2.42. The van der Waals surface area contributed by atoms with Crippen molar-refractivity contribution in [3.05, 3.63) is 42.5 Å². The third-order valence-electron chi connectivity index (χ3n) is 3.76. The zero-order valence-corrected chi connectivity index (χ0v) is 17.4. The second kappa shape index (κ2) is 8.60. The van der Waals surface area contributed by atoms with E-state index in [1.807, 2.05) is 0 Å². The first kappa shape index (κ1) is 22.6. The molecule has 0 atom stereocenters. The number of hydrogen-bond donors (Lipinski definition) is 6. The van der Waals surface area contributed by atoms with Crippen molar-refractivity contribution >= 4 is 55.1 Å². The van der Waals surface area contributed by atoms with Gasteiger partial charge in [-0.3, -0.25) is 14.4 Å². The second-order valence-electron chi connectivity index (χ2n) is 6.02. The number of nitrogens with zero attached hydrogens (tertiary/aromatic N) is 4. The van der Waals surface area contributed by atoms with Crippen LogP contribution in [0, 0.1) is 11.5 Å². The molecule has 14 nitrogen and oxygen atoms in total. The highest BCUT2D eigenvalue weighted by molar-refractivity contribution is 7.86. The Morgan fingerprint density at radius 1 is 0.812 bits per heavy atom. The Kier molecular flexibility index (Phi) is 6.09. The zero-order valence-electron chi connectivity index (χ0n) is 15.8. The van der Waals surface area contributed by atoms with E-state index >= 15 is 0 Å². The minimum atomic E-state index is -4.49. The normalized spacial score (nSPS) is 11.4. The summed E-state index contributed by atoms with van der Waals surface area (Å²) in [6.07, 6.45) is 1.66. The van der Waals surface area contributed by atoms with Crippen molar-refractivity contribution < 1.29 is 25.9 Å². The molecule has 166 valence electrons. The number of nitriles is 1. The van der Waals surface area contributed by atoms with Crippen LogP contribution in [0.4, 0.5) is 34.9 Å². The molecule has 0 aliphatic rings. The molecule has 1 aromatic heterocycles. The van der Waals surface area contributed by atoms with Crippen LogP contribution in [0.3, 0.4) is 0 Å². The number of aromatic nitrogens is 3. The summed E-state index contributed by atoms with van der Waals surface area (Å²) in [5.74, 6) is -0.235. The molecule has 0 aliphatic heterocycles. The molecule has 0 aliphatic carbocycles. The van der Waals surface area contributed by atoms with Crippen LogP contribution < -0.4 is 21.7 Å². The number of benzene rings is 2. The molecule has 0 saturated carbocycles. The Labute approximate surface area is 181 Å². The lowest BCUT2D eigenvalue weighted by molar-refractivity contribution is 0.481. The second-order valence-corrected chi connectivity index (χ2v) is 8.83. The highest BCUT2D eigenvalue weighted by Gasteiger charge is 2.15. The van der Waals surface area contributed by atoms with Crippen LogP contribution in [0.15, 0.2) is 52.3 Å². The number of nitrogen functional groups attached to an aromatic ring is 1. The number of rotatable bonds is 7. The van der Waals surface area contributed by atoms with Gasteiger partial charge in [-0.1, -0.05) is 0 Å². The number of anilines is 6. The van der Waals surface area contributed by atoms with Crippen molar-refractivity contribution in [3.8, 4) is 6.19 Å². The molecular weight excluding hydrogens is 464 g/mol. The van der Waals surface area contributed by atoms with Gasteiger partial charge >= 0.3 is 0 Å². The Bertz CT molecular complexity index is 1420. The molecule has 0 unspecified atom stereocenters. The SMILES string of the molecule is N#CNc1nc(Nc2ccc(S(=O)(=O)O)cc2)nc(Nc2ccc(S(=O)(=O)O)c(N)c2)n1. The quantitative estimate of drug-likeness (QED) is 0.122. The molecule has 3 aromatic rings. The van der Waals surface area contributed by atoms with E-state index in [-0.39, 0.29) is 34.1 Å². The topological polar surface area (TPSA) is 233 Å². The lowest BCUT2D eigenvalue weighted by atomic mass is 10.3. The maximum Gasteiger partial charge on any atom is 0.296 e. The van der Waals surface area contributed by atoms with E-state index in [0.717, 1.165) is 18.2 Å². The Morgan fingerprint density at radius 2 is 1.34 bits per heavy atom. The van der Waals surface area contributed by atoms with Gasteiger partial charge in [-0.05, 0) is 42.5 Å². The first-order valence-electron chi connectivity index (χ1n) is 8.35. The van der Waals surface area contributed by atoms with Gasteiger partial charge in [0, 0.05) is 11.4 Å². The van der Waals surface area contributed by atoms with E-state index in [2.05, 4.69) is 30.9 Å². The minimum Gasteiger partial charge on any atom is -0.398 e. The molecule has 0 radical (unpaired) electrons. The van der Waals surface area contributed by atoms with Crippen molar-refractivity contribution in [1.82, 2.24) is 15.0 Å². The molecule has 7 N–H and O–H groups in total. The molecular formula is C16H14N8O6S2. The summed E-state index contributed by atoms with van der Waals surface area (Å²) in [5, 5.41) is 16.6. The van der Waals surface area contributed by atoms with Gasteiger partial charge in [0.05, 0.1) is 10.6 Å². The Balaban J connectivity index is 1.89. The van der Waals surface area contributed by atoms with E-state index in [9.17, 15) is 16.8 Å². The highest BCUT2D eigenvalue weighted by Crippen LogP contribution is 2.25. The molecule has 0 fully saturated rings. The zero-order chi connectivity index (χ0) is 23.5. The minimum absolute atomic E-state index is 0.0395.